The first kappa shape index (κ1) is 13.6. The minimum absolute atomic E-state index is 0.0312. The number of amides is 1. The third-order valence-electron chi connectivity index (χ3n) is 2.49. The molecule has 3 nitrogen and oxygen atoms in total. The van der Waals surface area contributed by atoms with Gasteiger partial charge < -0.3 is 10.4 Å². The van der Waals surface area contributed by atoms with E-state index in [9.17, 15) is 13.6 Å². The molecule has 0 aliphatic heterocycles. The molecular formula is C12H15F2NO2. The van der Waals surface area contributed by atoms with Crippen molar-refractivity contribution in [1.82, 2.24) is 5.32 Å². The standard InChI is InChI=1S/C12H15F2NO2/c1-2-9(5-6-16)15-12(17)8-3-4-10(13)11(14)7-8/h3-4,7,9,16H,2,5-6H2,1H3,(H,15,17). The van der Waals surface area contributed by atoms with E-state index in [0.29, 0.717) is 12.8 Å². The highest BCUT2D eigenvalue weighted by Crippen LogP contribution is 2.09. The smallest absolute Gasteiger partial charge is 0.251 e. The highest BCUT2D eigenvalue weighted by molar-refractivity contribution is 5.94. The van der Waals surface area contributed by atoms with Gasteiger partial charge in [-0.2, -0.15) is 0 Å². The van der Waals surface area contributed by atoms with Crippen molar-refractivity contribution in [2.75, 3.05) is 6.61 Å². The van der Waals surface area contributed by atoms with Crippen LogP contribution in [-0.2, 0) is 0 Å². The third kappa shape index (κ3) is 3.78. The summed E-state index contributed by atoms with van der Waals surface area (Å²) < 4.78 is 25.6. The predicted molar refractivity (Wildman–Crippen MR) is 59.6 cm³/mol. The number of halogens is 2. The van der Waals surface area contributed by atoms with Gasteiger partial charge in [0.25, 0.3) is 5.91 Å². The molecule has 0 fully saturated rings. The molecule has 0 radical (unpaired) electrons. The number of benzene rings is 1. The van der Waals surface area contributed by atoms with E-state index in [0.717, 1.165) is 12.1 Å². The first-order chi connectivity index (χ1) is 8.08. The molecule has 2 N–H and O–H groups in total. The topological polar surface area (TPSA) is 49.3 Å². The Morgan fingerprint density at radius 2 is 2.12 bits per heavy atom. The van der Waals surface area contributed by atoms with Gasteiger partial charge in [-0.1, -0.05) is 6.92 Å². The Morgan fingerprint density at radius 1 is 1.41 bits per heavy atom. The normalized spacial score (nSPS) is 12.2. The molecule has 1 unspecified atom stereocenters. The summed E-state index contributed by atoms with van der Waals surface area (Å²) >= 11 is 0. The van der Waals surface area contributed by atoms with E-state index in [4.69, 9.17) is 5.11 Å². The lowest BCUT2D eigenvalue weighted by Gasteiger charge is -2.15. The monoisotopic (exact) mass is 243 g/mol. The average molecular weight is 243 g/mol. The zero-order valence-corrected chi connectivity index (χ0v) is 9.54. The van der Waals surface area contributed by atoms with Crippen LogP contribution >= 0.6 is 0 Å². The second kappa shape index (κ2) is 6.30. The number of rotatable bonds is 5. The second-order valence-electron chi connectivity index (χ2n) is 3.72. The number of hydrogen-bond donors (Lipinski definition) is 2. The number of aliphatic hydroxyl groups is 1. The van der Waals surface area contributed by atoms with Gasteiger partial charge in [0.15, 0.2) is 11.6 Å². The van der Waals surface area contributed by atoms with Crippen LogP contribution in [0.4, 0.5) is 8.78 Å². The lowest BCUT2D eigenvalue weighted by molar-refractivity contribution is 0.0928. The SMILES string of the molecule is CCC(CCO)NC(=O)c1ccc(F)c(F)c1. The first-order valence-corrected chi connectivity index (χ1v) is 5.45. The number of nitrogens with one attached hydrogen (secondary N) is 1. The summed E-state index contributed by atoms with van der Waals surface area (Å²) in [5, 5.41) is 11.4. The Bertz CT molecular complexity index is 396. The number of hydrogen-bond acceptors (Lipinski definition) is 2. The van der Waals surface area contributed by atoms with E-state index < -0.39 is 17.5 Å². The van der Waals surface area contributed by atoms with Crippen molar-refractivity contribution in [2.45, 2.75) is 25.8 Å². The lowest BCUT2D eigenvalue weighted by Crippen LogP contribution is -2.35. The van der Waals surface area contributed by atoms with Crippen molar-refractivity contribution in [3.8, 4) is 0 Å². The van der Waals surface area contributed by atoms with Crippen molar-refractivity contribution in [3.63, 3.8) is 0 Å². The molecule has 0 saturated heterocycles. The highest BCUT2D eigenvalue weighted by atomic mass is 19.2. The summed E-state index contributed by atoms with van der Waals surface area (Å²) in [5.74, 6) is -2.50. The molecule has 1 aromatic carbocycles. The minimum Gasteiger partial charge on any atom is -0.396 e. The summed E-state index contributed by atoms with van der Waals surface area (Å²) in [6.45, 7) is 1.84. The molecule has 1 aromatic rings. The molecule has 0 aliphatic rings. The number of aliphatic hydroxyl groups excluding tert-OH is 1. The van der Waals surface area contributed by atoms with Gasteiger partial charge in [0.2, 0.25) is 0 Å². The van der Waals surface area contributed by atoms with Gasteiger partial charge in [-0.25, -0.2) is 8.78 Å². The molecule has 17 heavy (non-hydrogen) atoms. The molecule has 94 valence electrons. The van der Waals surface area contributed by atoms with Crippen LogP contribution in [0.1, 0.15) is 30.1 Å². The van der Waals surface area contributed by atoms with Crippen LogP contribution in [0.15, 0.2) is 18.2 Å². The minimum atomic E-state index is -1.05. The maximum atomic E-state index is 12.9. The van der Waals surface area contributed by atoms with Gasteiger partial charge in [-0.05, 0) is 31.0 Å². The van der Waals surface area contributed by atoms with Crippen LogP contribution in [0.3, 0.4) is 0 Å². The fourth-order valence-corrected chi connectivity index (χ4v) is 1.44. The summed E-state index contributed by atoms with van der Waals surface area (Å²) in [4.78, 5) is 11.7. The second-order valence-corrected chi connectivity index (χ2v) is 3.72. The van der Waals surface area contributed by atoms with Gasteiger partial charge >= 0.3 is 0 Å². The summed E-state index contributed by atoms with van der Waals surface area (Å²) in [6, 6.07) is 2.83. The Kier molecular flexibility index (Phi) is 5.03. The van der Waals surface area contributed by atoms with Crippen molar-refractivity contribution < 1.29 is 18.7 Å². The van der Waals surface area contributed by atoms with Gasteiger partial charge in [0.05, 0.1) is 0 Å². The van der Waals surface area contributed by atoms with E-state index >= 15 is 0 Å². The fourth-order valence-electron chi connectivity index (χ4n) is 1.44. The number of carbonyl (C=O) groups is 1. The van der Waals surface area contributed by atoms with Crippen molar-refractivity contribution in [3.05, 3.63) is 35.4 Å². The molecule has 1 amide bonds. The summed E-state index contributed by atoms with van der Waals surface area (Å²) in [6.07, 6.45) is 1.10. The Hall–Kier alpha value is -1.49. The zero-order chi connectivity index (χ0) is 12.8. The van der Waals surface area contributed by atoms with Crippen LogP contribution in [0.2, 0.25) is 0 Å². The lowest BCUT2D eigenvalue weighted by atomic mass is 10.1. The largest absolute Gasteiger partial charge is 0.396 e. The van der Waals surface area contributed by atoms with Gasteiger partial charge in [0.1, 0.15) is 0 Å². The maximum absolute atomic E-state index is 12.9. The molecule has 0 saturated carbocycles. The molecule has 1 rings (SSSR count). The molecule has 5 heteroatoms. The zero-order valence-electron chi connectivity index (χ0n) is 9.54. The maximum Gasteiger partial charge on any atom is 0.251 e. The quantitative estimate of drug-likeness (QED) is 0.829. The van der Waals surface area contributed by atoms with Crippen molar-refractivity contribution in [2.24, 2.45) is 0 Å². The van der Waals surface area contributed by atoms with Crippen LogP contribution in [-0.4, -0.2) is 23.7 Å². The molecule has 0 aliphatic carbocycles. The van der Waals surface area contributed by atoms with Crippen LogP contribution in [0, 0.1) is 11.6 Å². The van der Waals surface area contributed by atoms with E-state index in [1.165, 1.54) is 6.07 Å². The molecule has 0 aromatic heterocycles. The number of carbonyl (C=O) groups excluding carboxylic acids is 1. The van der Waals surface area contributed by atoms with E-state index in [-0.39, 0.29) is 18.2 Å². The Labute approximate surface area is 98.5 Å². The van der Waals surface area contributed by atoms with Crippen molar-refractivity contribution >= 4 is 5.91 Å². The first-order valence-electron chi connectivity index (χ1n) is 5.45. The molecule has 0 bridgehead atoms. The molecule has 0 spiro atoms. The van der Waals surface area contributed by atoms with Gasteiger partial charge in [0, 0.05) is 18.2 Å². The van der Waals surface area contributed by atoms with Crippen LogP contribution in [0.25, 0.3) is 0 Å². The highest BCUT2D eigenvalue weighted by Gasteiger charge is 2.13. The van der Waals surface area contributed by atoms with E-state index in [1.807, 2.05) is 6.92 Å². The van der Waals surface area contributed by atoms with Crippen LogP contribution in [0.5, 0.6) is 0 Å². The Morgan fingerprint density at radius 3 is 2.65 bits per heavy atom. The average Bonchev–Trinajstić information content (AvgIpc) is 2.31. The summed E-state index contributed by atoms with van der Waals surface area (Å²) in [5.41, 5.74) is 0.0697. The van der Waals surface area contributed by atoms with Crippen LogP contribution < -0.4 is 5.32 Å². The Balaban J connectivity index is 2.72. The molecule has 1 atom stereocenters. The molecule has 0 heterocycles. The third-order valence-corrected chi connectivity index (χ3v) is 2.49. The van der Waals surface area contributed by atoms with Gasteiger partial charge in [-0.15, -0.1) is 0 Å². The van der Waals surface area contributed by atoms with Gasteiger partial charge in [-0.3, -0.25) is 4.79 Å². The van der Waals surface area contributed by atoms with Crippen molar-refractivity contribution in [1.29, 1.82) is 0 Å². The van der Waals surface area contributed by atoms with E-state index in [1.54, 1.807) is 0 Å². The molecular weight excluding hydrogens is 228 g/mol. The van der Waals surface area contributed by atoms with E-state index in [2.05, 4.69) is 5.32 Å². The summed E-state index contributed by atoms with van der Waals surface area (Å²) in [7, 11) is 0. The fraction of sp³-hybridized carbons (Fsp3) is 0.417. The predicted octanol–water partition coefficient (Wildman–Crippen LogP) is 1.86.